The van der Waals surface area contributed by atoms with E-state index in [1.165, 1.54) is 31.4 Å². The van der Waals surface area contributed by atoms with Gasteiger partial charge in [-0.05, 0) is 60.5 Å². The molecule has 1 fully saturated rings. The van der Waals surface area contributed by atoms with Crippen LogP contribution in [0.1, 0.15) is 22.3 Å². The van der Waals surface area contributed by atoms with Crippen molar-refractivity contribution in [1.29, 1.82) is 0 Å². The molecule has 8 heteroatoms. The lowest BCUT2D eigenvalue weighted by Gasteiger charge is -2.36. The number of nitrogens with one attached hydrogen (secondary N) is 1. The van der Waals surface area contributed by atoms with E-state index in [2.05, 4.69) is 5.32 Å². The van der Waals surface area contributed by atoms with Crippen molar-refractivity contribution in [2.75, 3.05) is 37.5 Å². The average Bonchev–Trinajstić information content (AvgIpc) is 2.86. The first-order valence-electron chi connectivity index (χ1n) is 10.9. The number of rotatable bonds is 7. The second kappa shape index (κ2) is 10.2. The fourth-order valence-corrected chi connectivity index (χ4v) is 3.91. The van der Waals surface area contributed by atoms with Crippen molar-refractivity contribution in [3.63, 3.8) is 0 Å². The summed E-state index contributed by atoms with van der Waals surface area (Å²) in [6, 6.07) is 18.0. The lowest BCUT2D eigenvalue weighted by Crippen LogP contribution is -2.49. The number of nitrogens with zero attached hydrogens (tertiary/aromatic N) is 2. The third-order valence-corrected chi connectivity index (χ3v) is 5.66. The summed E-state index contributed by atoms with van der Waals surface area (Å²) in [4.78, 5) is 29.4. The number of urea groups is 1. The molecule has 34 heavy (non-hydrogen) atoms. The molecule has 0 bridgehead atoms. The zero-order valence-corrected chi connectivity index (χ0v) is 19.1. The maximum atomic E-state index is 13.5. The third-order valence-electron chi connectivity index (χ3n) is 5.66. The van der Waals surface area contributed by atoms with Crippen LogP contribution in [0.15, 0.2) is 66.7 Å². The van der Waals surface area contributed by atoms with Crippen molar-refractivity contribution in [3.8, 4) is 11.5 Å². The molecule has 1 aliphatic rings. The Morgan fingerprint density at radius 2 is 1.79 bits per heavy atom. The molecule has 3 amide bonds. The van der Waals surface area contributed by atoms with E-state index >= 15 is 0 Å². The van der Waals surface area contributed by atoms with E-state index in [1.54, 1.807) is 35.1 Å². The number of anilines is 2. The SMILES string of the molecule is COc1ccc(CN2CCCN(c3cc(NC(=O)c4cccc(F)c4)ccc3OC)C2=O)cc1. The Kier molecular flexibility index (Phi) is 6.96. The number of carbonyl (C=O) groups excluding carboxylic acids is 2. The molecule has 7 nitrogen and oxygen atoms in total. The second-order valence-electron chi connectivity index (χ2n) is 7.91. The lowest BCUT2D eigenvalue weighted by molar-refractivity contribution is 0.102. The molecule has 0 saturated carbocycles. The molecule has 1 aliphatic heterocycles. The van der Waals surface area contributed by atoms with E-state index in [-0.39, 0.29) is 11.6 Å². The summed E-state index contributed by atoms with van der Waals surface area (Å²) in [5.41, 5.74) is 2.24. The van der Waals surface area contributed by atoms with Crippen LogP contribution in [-0.2, 0) is 6.54 Å². The number of benzene rings is 3. The molecule has 0 spiro atoms. The molecular formula is C26H26FN3O4. The number of ether oxygens (including phenoxy) is 2. The van der Waals surface area contributed by atoms with Crippen molar-refractivity contribution in [1.82, 2.24) is 4.90 Å². The first-order chi connectivity index (χ1) is 16.5. The predicted molar refractivity (Wildman–Crippen MR) is 128 cm³/mol. The highest BCUT2D eigenvalue weighted by atomic mass is 19.1. The molecule has 0 aromatic heterocycles. The summed E-state index contributed by atoms with van der Waals surface area (Å²) in [5.74, 6) is 0.348. The molecule has 0 aliphatic carbocycles. The minimum absolute atomic E-state index is 0.144. The standard InChI is InChI=1S/C26H26FN3O4/c1-33-22-10-7-18(8-11-22)17-29-13-4-14-30(26(29)32)23-16-21(9-12-24(23)34-2)28-25(31)19-5-3-6-20(27)15-19/h3,5-12,15-16H,4,13-14,17H2,1-2H3,(H,28,31). The van der Waals surface area contributed by atoms with Gasteiger partial charge in [-0.2, -0.15) is 0 Å². The van der Waals surface area contributed by atoms with Crippen molar-refractivity contribution in [2.24, 2.45) is 0 Å². The first kappa shape index (κ1) is 23.1. The van der Waals surface area contributed by atoms with E-state index in [4.69, 9.17) is 9.47 Å². The van der Waals surface area contributed by atoms with E-state index < -0.39 is 11.7 Å². The molecule has 176 valence electrons. The fraction of sp³-hybridized carbons (Fsp3) is 0.231. The molecule has 4 rings (SSSR count). The quantitative estimate of drug-likeness (QED) is 0.540. The molecule has 1 saturated heterocycles. The highest BCUT2D eigenvalue weighted by Crippen LogP contribution is 2.34. The maximum absolute atomic E-state index is 13.5. The number of hydrogen-bond donors (Lipinski definition) is 1. The number of halogens is 1. The topological polar surface area (TPSA) is 71.1 Å². The van der Waals surface area contributed by atoms with Gasteiger partial charge in [-0.1, -0.05) is 18.2 Å². The van der Waals surface area contributed by atoms with Crippen LogP contribution in [0.4, 0.5) is 20.6 Å². The van der Waals surface area contributed by atoms with Crippen molar-refractivity contribution < 1.29 is 23.5 Å². The van der Waals surface area contributed by atoms with Gasteiger partial charge in [0, 0.05) is 30.9 Å². The maximum Gasteiger partial charge on any atom is 0.324 e. The van der Waals surface area contributed by atoms with Crippen LogP contribution in [0.25, 0.3) is 0 Å². The summed E-state index contributed by atoms with van der Waals surface area (Å²) in [6.45, 7) is 1.63. The smallest absolute Gasteiger partial charge is 0.324 e. The monoisotopic (exact) mass is 463 g/mol. The molecule has 0 unspecified atom stereocenters. The summed E-state index contributed by atoms with van der Waals surface area (Å²) >= 11 is 0. The van der Waals surface area contributed by atoms with Gasteiger partial charge in [-0.3, -0.25) is 9.69 Å². The van der Waals surface area contributed by atoms with E-state index in [0.29, 0.717) is 36.8 Å². The van der Waals surface area contributed by atoms with Crippen LogP contribution < -0.4 is 19.7 Å². The van der Waals surface area contributed by atoms with E-state index in [1.807, 2.05) is 24.3 Å². The van der Waals surface area contributed by atoms with Gasteiger partial charge < -0.3 is 19.7 Å². The highest BCUT2D eigenvalue weighted by molar-refractivity contribution is 6.05. The van der Waals surface area contributed by atoms with Gasteiger partial charge in [-0.25, -0.2) is 9.18 Å². The summed E-state index contributed by atoms with van der Waals surface area (Å²) < 4.78 is 24.2. The average molecular weight is 464 g/mol. The van der Waals surface area contributed by atoms with Crippen LogP contribution in [0.3, 0.4) is 0 Å². The fourth-order valence-electron chi connectivity index (χ4n) is 3.91. The van der Waals surface area contributed by atoms with Crippen LogP contribution >= 0.6 is 0 Å². The Bertz CT molecular complexity index is 1180. The van der Waals surface area contributed by atoms with Crippen LogP contribution in [0.2, 0.25) is 0 Å². The zero-order valence-electron chi connectivity index (χ0n) is 19.1. The van der Waals surface area contributed by atoms with Crippen molar-refractivity contribution in [3.05, 3.63) is 83.7 Å². The van der Waals surface area contributed by atoms with Crippen LogP contribution in [0.5, 0.6) is 11.5 Å². The molecule has 1 heterocycles. The summed E-state index contributed by atoms with van der Waals surface area (Å²) in [6.07, 6.45) is 0.783. The minimum atomic E-state index is -0.487. The number of hydrogen-bond acceptors (Lipinski definition) is 4. The van der Waals surface area contributed by atoms with Crippen molar-refractivity contribution in [2.45, 2.75) is 13.0 Å². The van der Waals surface area contributed by atoms with Gasteiger partial charge in [0.2, 0.25) is 0 Å². The molecule has 0 atom stereocenters. The minimum Gasteiger partial charge on any atom is -0.497 e. The Morgan fingerprint density at radius 1 is 1.00 bits per heavy atom. The van der Waals surface area contributed by atoms with Gasteiger partial charge in [0.15, 0.2) is 0 Å². The third kappa shape index (κ3) is 5.11. The van der Waals surface area contributed by atoms with Gasteiger partial charge in [0.05, 0.1) is 19.9 Å². The number of carbonyl (C=O) groups is 2. The van der Waals surface area contributed by atoms with Crippen molar-refractivity contribution >= 4 is 23.3 Å². The Balaban J connectivity index is 1.54. The predicted octanol–water partition coefficient (Wildman–Crippen LogP) is 4.93. The molecular weight excluding hydrogens is 437 g/mol. The largest absolute Gasteiger partial charge is 0.497 e. The normalized spacial score (nSPS) is 13.6. The van der Waals surface area contributed by atoms with Gasteiger partial charge in [-0.15, -0.1) is 0 Å². The Morgan fingerprint density at radius 3 is 2.50 bits per heavy atom. The van der Waals surface area contributed by atoms with Gasteiger partial charge >= 0.3 is 6.03 Å². The van der Waals surface area contributed by atoms with Gasteiger partial charge in [0.25, 0.3) is 5.91 Å². The molecule has 3 aromatic carbocycles. The second-order valence-corrected chi connectivity index (χ2v) is 7.91. The van der Waals surface area contributed by atoms with Crippen LogP contribution in [0, 0.1) is 5.82 Å². The van der Waals surface area contributed by atoms with E-state index in [0.717, 1.165) is 17.7 Å². The number of methoxy groups -OCH3 is 2. The van der Waals surface area contributed by atoms with Crippen LogP contribution in [-0.4, -0.2) is 44.1 Å². The lowest BCUT2D eigenvalue weighted by atomic mass is 10.1. The highest BCUT2D eigenvalue weighted by Gasteiger charge is 2.29. The Hall–Kier alpha value is -4.07. The molecule has 1 N–H and O–H groups in total. The molecule has 3 aromatic rings. The summed E-state index contributed by atoms with van der Waals surface area (Å²) in [7, 11) is 3.15. The van der Waals surface area contributed by atoms with Gasteiger partial charge in [0.1, 0.15) is 17.3 Å². The first-order valence-corrected chi connectivity index (χ1v) is 10.9. The zero-order chi connectivity index (χ0) is 24.1. The Labute approximate surface area is 197 Å². The van der Waals surface area contributed by atoms with E-state index in [9.17, 15) is 14.0 Å². The number of amides is 3. The summed E-state index contributed by atoms with van der Waals surface area (Å²) in [5, 5.41) is 2.77. The molecule has 0 radical (unpaired) electrons.